The highest BCUT2D eigenvalue weighted by atomic mass is 35.5. The Morgan fingerprint density at radius 1 is 1.60 bits per heavy atom. The monoisotopic (exact) mass is 248 g/mol. The van der Waals surface area contributed by atoms with E-state index >= 15 is 0 Å². The summed E-state index contributed by atoms with van der Waals surface area (Å²) in [6.45, 7) is 3.69. The molecule has 0 saturated carbocycles. The lowest BCUT2D eigenvalue weighted by molar-refractivity contribution is 0.555. The summed E-state index contributed by atoms with van der Waals surface area (Å²) < 4.78 is 26.1. The fourth-order valence-corrected chi connectivity index (χ4v) is 2.76. The maximum absolute atomic E-state index is 11.8. The van der Waals surface area contributed by atoms with Gasteiger partial charge in [-0.3, -0.25) is 0 Å². The number of halogens is 1. The van der Waals surface area contributed by atoms with Crippen LogP contribution < -0.4 is 4.72 Å². The van der Waals surface area contributed by atoms with Crippen molar-refractivity contribution in [1.29, 1.82) is 0 Å². The molecule has 1 aromatic rings. The molecule has 4 nitrogen and oxygen atoms in total. The number of pyridine rings is 1. The number of hydrogen-bond donors (Lipinski definition) is 1. The summed E-state index contributed by atoms with van der Waals surface area (Å²) in [5.74, 6) is 0. The number of nitrogens with zero attached hydrogens (tertiary/aromatic N) is 1. The second-order valence-corrected chi connectivity index (χ2v) is 5.26. The van der Waals surface area contributed by atoms with E-state index in [1.54, 1.807) is 6.92 Å². The van der Waals surface area contributed by atoms with Crippen molar-refractivity contribution in [3.05, 3.63) is 23.5 Å². The summed E-state index contributed by atoms with van der Waals surface area (Å²) in [6, 6.07) is 2.85. The largest absolute Gasteiger partial charge is 0.243 e. The third-order valence-electron chi connectivity index (χ3n) is 1.98. The molecule has 15 heavy (non-hydrogen) atoms. The first-order chi connectivity index (χ1) is 6.97. The van der Waals surface area contributed by atoms with Gasteiger partial charge in [-0.05, 0) is 25.5 Å². The van der Waals surface area contributed by atoms with E-state index < -0.39 is 10.0 Å². The second kappa shape index (κ2) is 4.92. The first-order valence-electron chi connectivity index (χ1n) is 4.60. The van der Waals surface area contributed by atoms with Crippen molar-refractivity contribution in [3.8, 4) is 0 Å². The van der Waals surface area contributed by atoms with Crippen molar-refractivity contribution < 1.29 is 8.42 Å². The van der Waals surface area contributed by atoms with Crippen molar-refractivity contribution in [1.82, 2.24) is 9.71 Å². The van der Waals surface area contributed by atoms with Crippen LogP contribution in [0.4, 0.5) is 0 Å². The Kier molecular flexibility index (Phi) is 4.07. The fourth-order valence-electron chi connectivity index (χ4n) is 0.983. The van der Waals surface area contributed by atoms with E-state index in [1.165, 1.54) is 18.3 Å². The van der Waals surface area contributed by atoms with Crippen LogP contribution in [0.15, 0.2) is 23.2 Å². The number of rotatable bonds is 4. The van der Waals surface area contributed by atoms with Gasteiger partial charge in [0.25, 0.3) is 0 Å². The lowest BCUT2D eigenvalue weighted by Gasteiger charge is -2.12. The average Bonchev–Trinajstić information content (AvgIpc) is 2.17. The van der Waals surface area contributed by atoms with Crippen LogP contribution >= 0.6 is 11.6 Å². The van der Waals surface area contributed by atoms with Gasteiger partial charge < -0.3 is 0 Å². The number of hydrogen-bond acceptors (Lipinski definition) is 3. The lowest BCUT2D eigenvalue weighted by atomic mass is 10.3. The molecule has 84 valence electrons. The Labute approximate surface area is 94.7 Å². The molecule has 1 aromatic heterocycles. The van der Waals surface area contributed by atoms with Crippen LogP contribution in [0, 0.1) is 0 Å². The van der Waals surface area contributed by atoms with Crippen LogP contribution in [0.5, 0.6) is 0 Å². The van der Waals surface area contributed by atoms with E-state index in [0.717, 1.165) is 6.42 Å². The molecule has 1 rings (SSSR count). The Morgan fingerprint density at radius 2 is 2.27 bits per heavy atom. The summed E-state index contributed by atoms with van der Waals surface area (Å²) in [5.41, 5.74) is 0. The van der Waals surface area contributed by atoms with Gasteiger partial charge >= 0.3 is 0 Å². The van der Waals surface area contributed by atoms with E-state index in [4.69, 9.17) is 11.6 Å². The molecule has 0 aliphatic rings. The molecule has 0 radical (unpaired) electrons. The highest BCUT2D eigenvalue weighted by molar-refractivity contribution is 7.89. The summed E-state index contributed by atoms with van der Waals surface area (Å²) in [5, 5.41) is -0.00620. The topological polar surface area (TPSA) is 59.1 Å². The molecule has 0 fully saturated rings. The van der Waals surface area contributed by atoms with Gasteiger partial charge in [-0.15, -0.1) is 0 Å². The van der Waals surface area contributed by atoms with Crippen molar-refractivity contribution in [2.45, 2.75) is 31.2 Å². The van der Waals surface area contributed by atoms with E-state index in [2.05, 4.69) is 9.71 Å². The Morgan fingerprint density at radius 3 is 2.80 bits per heavy atom. The molecule has 1 unspecified atom stereocenters. The van der Waals surface area contributed by atoms with Crippen molar-refractivity contribution in [2.75, 3.05) is 0 Å². The van der Waals surface area contributed by atoms with Crippen LogP contribution in [-0.2, 0) is 10.0 Å². The maximum atomic E-state index is 11.8. The van der Waals surface area contributed by atoms with Crippen molar-refractivity contribution in [2.24, 2.45) is 0 Å². The second-order valence-electron chi connectivity index (χ2n) is 3.22. The fraction of sp³-hybridized carbons (Fsp3) is 0.444. The molecule has 0 aromatic carbocycles. The highest BCUT2D eigenvalue weighted by Gasteiger charge is 2.19. The molecule has 1 heterocycles. The van der Waals surface area contributed by atoms with E-state index in [9.17, 15) is 8.42 Å². The Bertz CT molecular complexity index is 433. The molecule has 1 N–H and O–H groups in total. The van der Waals surface area contributed by atoms with Crippen LogP contribution in [-0.4, -0.2) is 19.4 Å². The Hall–Kier alpha value is -0.650. The van der Waals surface area contributed by atoms with Gasteiger partial charge in [-0.25, -0.2) is 18.1 Å². The third-order valence-corrected chi connectivity index (χ3v) is 4.02. The van der Waals surface area contributed by atoms with Gasteiger partial charge in [-0.1, -0.05) is 18.5 Å². The van der Waals surface area contributed by atoms with E-state index in [1.807, 2.05) is 6.92 Å². The van der Waals surface area contributed by atoms with Gasteiger partial charge in [0.2, 0.25) is 10.0 Å². The normalized spacial score (nSPS) is 13.8. The van der Waals surface area contributed by atoms with Gasteiger partial charge in [0.05, 0.1) is 0 Å². The highest BCUT2D eigenvalue weighted by Crippen LogP contribution is 2.17. The minimum absolute atomic E-state index is 0.00620. The molecule has 0 saturated heterocycles. The van der Waals surface area contributed by atoms with Gasteiger partial charge in [-0.2, -0.15) is 0 Å². The minimum Gasteiger partial charge on any atom is -0.243 e. The predicted octanol–water partition coefficient (Wildman–Crippen LogP) is 1.81. The SMILES string of the molecule is CCC(C)NS(=O)(=O)c1cccnc1Cl. The third kappa shape index (κ3) is 3.15. The number of sulfonamides is 1. The van der Waals surface area contributed by atoms with Crippen LogP contribution in [0.3, 0.4) is 0 Å². The van der Waals surface area contributed by atoms with Gasteiger partial charge in [0, 0.05) is 12.2 Å². The lowest BCUT2D eigenvalue weighted by Crippen LogP contribution is -2.32. The molecule has 0 amide bonds. The zero-order valence-corrected chi connectivity index (χ0v) is 10.1. The first-order valence-corrected chi connectivity index (χ1v) is 6.46. The van der Waals surface area contributed by atoms with Crippen LogP contribution in [0.1, 0.15) is 20.3 Å². The predicted molar refractivity (Wildman–Crippen MR) is 59.3 cm³/mol. The minimum atomic E-state index is -3.55. The van der Waals surface area contributed by atoms with Crippen LogP contribution in [0.25, 0.3) is 0 Å². The smallest absolute Gasteiger partial charge is 0.243 e. The van der Waals surface area contributed by atoms with Crippen LogP contribution in [0.2, 0.25) is 5.15 Å². The molecular weight excluding hydrogens is 236 g/mol. The maximum Gasteiger partial charge on any atom is 0.243 e. The summed E-state index contributed by atoms with van der Waals surface area (Å²) in [7, 11) is -3.55. The standard InChI is InChI=1S/C9H13ClN2O2S/c1-3-7(2)12-15(13,14)8-5-4-6-11-9(8)10/h4-7,12H,3H2,1-2H3. The zero-order valence-electron chi connectivity index (χ0n) is 8.57. The molecule has 0 bridgehead atoms. The zero-order chi connectivity index (χ0) is 11.5. The van der Waals surface area contributed by atoms with Crippen molar-refractivity contribution >= 4 is 21.6 Å². The van der Waals surface area contributed by atoms with Gasteiger partial charge in [0.1, 0.15) is 10.0 Å². The molecule has 0 aliphatic heterocycles. The number of aromatic nitrogens is 1. The molecule has 0 aliphatic carbocycles. The van der Waals surface area contributed by atoms with Crippen molar-refractivity contribution in [3.63, 3.8) is 0 Å². The summed E-state index contributed by atoms with van der Waals surface area (Å²) in [6.07, 6.45) is 2.17. The van der Waals surface area contributed by atoms with E-state index in [-0.39, 0.29) is 16.1 Å². The molecular formula is C9H13ClN2O2S. The molecule has 0 spiro atoms. The Balaban J connectivity index is 3.02. The molecule has 6 heteroatoms. The number of nitrogens with one attached hydrogen (secondary N) is 1. The van der Waals surface area contributed by atoms with E-state index in [0.29, 0.717) is 0 Å². The summed E-state index contributed by atoms with van der Waals surface area (Å²) >= 11 is 5.71. The molecule has 1 atom stereocenters. The quantitative estimate of drug-likeness (QED) is 0.827. The van der Waals surface area contributed by atoms with Gasteiger partial charge in [0.15, 0.2) is 0 Å². The average molecular weight is 249 g/mol. The first kappa shape index (κ1) is 12.4. The summed E-state index contributed by atoms with van der Waals surface area (Å²) in [4.78, 5) is 3.75.